The Morgan fingerprint density at radius 2 is 1.78 bits per heavy atom. The quantitative estimate of drug-likeness (QED) is 0.789. The molecule has 3 aliphatic rings. The molecule has 18 heavy (non-hydrogen) atoms. The number of carboxylic acids is 1. The van der Waals surface area contributed by atoms with Crippen molar-refractivity contribution in [2.45, 2.75) is 63.8 Å². The number of hydrogen-bond acceptors (Lipinski definition) is 2. The van der Waals surface area contributed by atoms with Crippen molar-refractivity contribution < 1.29 is 9.90 Å². The molecule has 0 radical (unpaired) electrons. The van der Waals surface area contributed by atoms with E-state index in [0.717, 1.165) is 38.1 Å². The van der Waals surface area contributed by atoms with Crippen LogP contribution in [0.4, 0.5) is 0 Å². The topological polar surface area (TPSA) is 40.5 Å². The first-order chi connectivity index (χ1) is 8.70. The summed E-state index contributed by atoms with van der Waals surface area (Å²) < 4.78 is 0. The lowest BCUT2D eigenvalue weighted by Gasteiger charge is -2.38. The molecular weight excluding hydrogens is 226 g/mol. The summed E-state index contributed by atoms with van der Waals surface area (Å²) >= 11 is 0. The van der Waals surface area contributed by atoms with Gasteiger partial charge in [-0.25, -0.2) is 0 Å². The second kappa shape index (κ2) is 4.84. The molecule has 0 atom stereocenters. The zero-order valence-electron chi connectivity index (χ0n) is 11.2. The van der Waals surface area contributed by atoms with E-state index >= 15 is 0 Å². The maximum atomic E-state index is 11.7. The van der Waals surface area contributed by atoms with Crippen molar-refractivity contribution in [2.24, 2.45) is 11.3 Å². The fourth-order valence-corrected chi connectivity index (χ4v) is 3.47. The van der Waals surface area contributed by atoms with Crippen LogP contribution in [0.3, 0.4) is 0 Å². The van der Waals surface area contributed by atoms with Crippen LogP contribution in [0.25, 0.3) is 0 Å². The van der Waals surface area contributed by atoms with Crippen LogP contribution >= 0.6 is 0 Å². The average Bonchev–Trinajstić information content (AvgIpc) is 3.23. The van der Waals surface area contributed by atoms with Crippen LogP contribution < -0.4 is 0 Å². The largest absolute Gasteiger partial charge is 0.481 e. The summed E-state index contributed by atoms with van der Waals surface area (Å²) in [5.41, 5.74) is -0.421. The number of nitrogens with zero attached hydrogens (tertiary/aromatic N) is 1. The molecule has 102 valence electrons. The van der Waals surface area contributed by atoms with Crippen molar-refractivity contribution in [3.63, 3.8) is 0 Å². The van der Waals surface area contributed by atoms with Gasteiger partial charge in [0.25, 0.3) is 0 Å². The molecule has 0 aliphatic heterocycles. The van der Waals surface area contributed by atoms with Gasteiger partial charge in [-0.3, -0.25) is 9.69 Å². The van der Waals surface area contributed by atoms with Gasteiger partial charge in [0, 0.05) is 19.1 Å². The van der Waals surface area contributed by atoms with Gasteiger partial charge in [0.1, 0.15) is 0 Å². The molecule has 3 saturated carbocycles. The molecule has 3 aliphatic carbocycles. The van der Waals surface area contributed by atoms with E-state index in [1.807, 2.05) is 0 Å². The van der Waals surface area contributed by atoms with Crippen LogP contribution in [0.1, 0.15) is 57.8 Å². The summed E-state index contributed by atoms with van der Waals surface area (Å²) in [7, 11) is 0. The summed E-state index contributed by atoms with van der Waals surface area (Å²) in [5.74, 6) is 0.337. The first-order valence-corrected chi connectivity index (χ1v) is 7.67. The van der Waals surface area contributed by atoms with Crippen molar-refractivity contribution in [3.05, 3.63) is 0 Å². The van der Waals surface area contributed by atoms with Crippen LogP contribution in [0.2, 0.25) is 0 Å². The Morgan fingerprint density at radius 3 is 2.28 bits per heavy atom. The summed E-state index contributed by atoms with van der Waals surface area (Å²) in [6, 6.07) is 0.712. The van der Waals surface area contributed by atoms with Crippen molar-refractivity contribution in [1.29, 1.82) is 0 Å². The Bertz CT molecular complexity index is 314. The number of carboxylic acid groups (broad SMARTS) is 1. The standard InChI is InChI=1S/C15H25NO2/c17-14(18)15(8-2-1-3-9-15)11-16(13-6-7-13)10-12-4-5-12/h12-13H,1-11H2,(H,17,18). The van der Waals surface area contributed by atoms with Crippen molar-refractivity contribution in [2.75, 3.05) is 13.1 Å². The lowest BCUT2D eigenvalue weighted by molar-refractivity contribution is -0.152. The normalized spacial score (nSPS) is 27.4. The van der Waals surface area contributed by atoms with Gasteiger partial charge in [0.05, 0.1) is 5.41 Å². The number of carbonyl (C=O) groups is 1. The molecular formula is C15H25NO2. The van der Waals surface area contributed by atoms with Gasteiger partial charge in [0.15, 0.2) is 0 Å². The fourth-order valence-electron chi connectivity index (χ4n) is 3.47. The molecule has 0 aromatic heterocycles. The van der Waals surface area contributed by atoms with E-state index in [1.54, 1.807) is 0 Å². The minimum Gasteiger partial charge on any atom is -0.481 e. The zero-order chi connectivity index (χ0) is 12.6. The Kier molecular flexibility index (Phi) is 3.35. The molecule has 0 amide bonds. The molecule has 3 fully saturated rings. The summed E-state index contributed by atoms with van der Waals surface area (Å²) in [5, 5.41) is 9.66. The van der Waals surface area contributed by atoms with Gasteiger partial charge in [-0.15, -0.1) is 0 Å². The van der Waals surface area contributed by atoms with Crippen molar-refractivity contribution in [3.8, 4) is 0 Å². The van der Waals surface area contributed by atoms with Gasteiger partial charge in [-0.05, 0) is 44.4 Å². The lowest BCUT2D eigenvalue weighted by Crippen LogP contribution is -2.46. The molecule has 0 unspecified atom stereocenters. The van der Waals surface area contributed by atoms with Crippen LogP contribution in [0.5, 0.6) is 0 Å². The predicted molar refractivity (Wildman–Crippen MR) is 70.5 cm³/mol. The highest BCUT2D eigenvalue weighted by atomic mass is 16.4. The summed E-state index contributed by atoms with van der Waals surface area (Å²) in [6.45, 7) is 1.99. The van der Waals surface area contributed by atoms with E-state index in [1.165, 1.54) is 38.6 Å². The van der Waals surface area contributed by atoms with E-state index < -0.39 is 11.4 Å². The van der Waals surface area contributed by atoms with Crippen LogP contribution in [0.15, 0.2) is 0 Å². The molecule has 0 saturated heterocycles. The van der Waals surface area contributed by atoms with Gasteiger partial charge >= 0.3 is 5.97 Å². The van der Waals surface area contributed by atoms with E-state index in [0.29, 0.717) is 6.04 Å². The van der Waals surface area contributed by atoms with Crippen LogP contribution in [-0.2, 0) is 4.79 Å². The Labute approximate surface area is 110 Å². The molecule has 3 rings (SSSR count). The van der Waals surface area contributed by atoms with Crippen LogP contribution in [0, 0.1) is 11.3 Å². The third-order valence-corrected chi connectivity index (χ3v) is 5.02. The molecule has 3 nitrogen and oxygen atoms in total. The highest BCUT2D eigenvalue weighted by Crippen LogP contribution is 2.41. The highest BCUT2D eigenvalue weighted by molar-refractivity contribution is 5.75. The first-order valence-electron chi connectivity index (χ1n) is 7.67. The minimum absolute atomic E-state index is 0.421. The smallest absolute Gasteiger partial charge is 0.310 e. The van der Waals surface area contributed by atoms with Crippen molar-refractivity contribution >= 4 is 5.97 Å². The minimum atomic E-state index is -0.538. The Hall–Kier alpha value is -0.570. The third kappa shape index (κ3) is 2.71. The number of hydrogen-bond donors (Lipinski definition) is 1. The van der Waals surface area contributed by atoms with Crippen LogP contribution in [-0.4, -0.2) is 35.1 Å². The SMILES string of the molecule is O=C(O)C1(CN(CC2CC2)C2CC2)CCCCC1. The zero-order valence-corrected chi connectivity index (χ0v) is 11.2. The monoisotopic (exact) mass is 251 g/mol. The summed E-state index contributed by atoms with van der Waals surface area (Å²) in [6.07, 6.45) is 10.5. The maximum Gasteiger partial charge on any atom is 0.310 e. The summed E-state index contributed by atoms with van der Waals surface area (Å²) in [4.78, 5) is 14.3. The fraction of sp³-hybridized carbons (Fsp3) is 0.933. The second-order valence-electron chi connectivity index (χ2n) is 6.75. The predicted octanol–water partition coefficient (Wildman–Crippen LogP) is 2.90. The molecule has 0 aromatic carbocycles. The van der Waals surface area contributed by atoms with Gasteiger partial charge in [-0.1, -0.05) is 19.3 Å². The number of rotatable bonds is 6. The molecule has 3 heteroatoms. The highest BCUT2D eigenvalue weighted by Gasteiger charge is 2.44. The lowest BCUT2D eigenvalue weighted by atomic mass is 9.73. The molecule has 1 N–H and O–H groups in total. The molecule has 0 heterocycles. The van der Waals surface area contributed by atoms with E-state index in [-0.39, 0.29) is 0 Å². The second-order valence-corrected chi connectivity index (χ2v) is 6.75. The Balaban J connectivity index is 1.66. The number of aliphatic carboxylic acids is 1. The van der Waals surface area contributed by atoms with Crippen molar-refractivity contribution in [1.82, 2.24) is 4.90 Å². The average molecular weight is 251 g/mol. The van der Waals surface area contributed by atoms with E-state index in [9.17, 15) is 9.90 Å². The van der Waals surface area contributed by atoms with Gasteiger partial charge in [-0.2, -0.15) is 0 Å². The van der Waals surface area contributed by atoms with Gasteiger partial charge in [0.2, 0.25) is 0 Å². The molecule has 0 aromatic rings. The van der Waals surface area contributed by atoms with E-state index in [2.05, 4.69) is 4.90 Å². The van der Waals surface area contributed by atoms with E-state index in [4.69, 9.17) is 0 Å². The third-order valence-electron chi connectivity index (χ3n) is 5.02. The first kappa shape index (κ1) is 12.5. The maximum absolute atomic E-state index is 11.7. The Morgan fingerprint density at radius 1 is 1.11 bits per heavy atom. The molecule has 0 spiro atoms. The molecule has 0 bridgehead atoms. The van der Waals surface area contributed by atoms with Gasteiger partial charge < -0.3 is 5.11 Å².